The summed E-state index contributed by atoms with van der Waals surface area (Å²) in [6.45, 7) is 1.99. The highest BCUT2D eigenvalue weighted by Crippen LogP contribution is 2.25. The first-order chi connectivity index (χ1) is 10.3. The number of rotatable bonds is 4. The molecule has 3 aromatic rings. The zero-order valence-corrected chi connectivity index (χ0v) is 12.5. The molecular weight excluding hydrogens is 278 g/mol. The zero-order chi connectivity index (χ0) is 14.5. The van der Waals surface area contributed by atoms with E-state index in [-0.39, 0.29) is 0 Å². The van der Waals surface area contributed by atoms with Crippen LogP contribution in [0.1, 0.15) is 10.7 Å². The molecule has 21 heavy (non-hydrogen) atoms. The lowest BCUT2D eigenvalue weighted by molar-refractivity contribution is 1.09. The van der Waals surface area contributed by atoms with Crippen LogP contribution >= 0.6 is 11.3 Å². The molecule has 2 aromatic carbocycles. The molecule has 0 spiro atoms. The number of aromatic nitrogens is 1. The van der Waals surface area contributed by atoms with Crippen LogP contribution < -0.4 is 5.01 Å². The lowest BCUT2D eigenvalue weighted by Gasteiger charge is -2.18. The number of aryl methyl sites for hydroxylation is 1. The van der Waals surface area contributed by atoms with Crippen LogP contribution in [0.5, 0.6) is 0 Å². The lowest BCUT2D eigenvalue weighted by Crippen LogP contribution is -2.09. The summed E-state index contributed by atoms with van der Waals surface area (Å²) in [4.78, 5) is 4.41. The fourth-order valence-corrected chi connectivity index (χ4v) is 2.61. The van der Waals surface area contributed by atoms with Gasteiger partial charge in [-0.25, -0.2) is 9.99 Å². The fraction of sp³-hybridized carbons (Fsp3) is 0.0588. The van der Waals surface area contributed by atoms with Crippen LogP contribution in [-0.2, 0) is 0 Å². The standard InChI is InChI=1S/C17H15N3S/c1-14-13-21-17(19-14)12-18-20(15-8-4-2-5-9-15)16-10-6-3-7-11-16/h2-13H,1H3/b18-12+. The molecule has 3 rings (SSSR count). The predicted octanol–water partition coefficient (Wildman–Crippen LogP) is 4.62. The average Bonchev–Trinajstić information content (AvgIpc) is 2.95. The van der Waals surface area contributed by atoms with E-state index in [1.165, 1.54) is 0 Å². The van der Waals surface area contributed by atoms with Crippen LogP contribution in [0.2, 0.25) is 0 Å². The van der Waals surface area contributed by atoms with E-state index >= 15 is 0 Å². The quantitative estimate of drug-likeness (QED) is 0.518. The van der Waals surface area contributed by atoms with Gasteiger partial charge in [0.2, 0.25) is 0 Å². The highest BCUT2D eigenvalue weighted by atomic mass is 32.1. The molecule has 104 valence electrons. The Kier molecular flexibility index (Phi) is 4.07. The summed E-state index contributed by atoms with van der Waals surface area (Å²) in [5, 5.41) is 9.45. The molecule has 3 nitrogen and oxygen atoms in total. The Bertz CT molecular complexity index is 681. The Morgan fingerprint density at radius 3 is 2.00 bits per heavy atom. The summed E-state index contributed by atoms with van der Waals surface area (Å²) in [6.07, 6.45) is 1.80. The Hall–Kier alpha value is -2.46. The second-order valence-corrected chi connectivity index (χ2v) is 5.44. The Labute approximate surface area is 128 Å². The SMILES string of the molecule is Cc1csc(/C=N/N(c2ccccc2)c2ccccc2)n1. The first-order valence-electron chi connectivity index (χ1n) is 6.69. The molecule has 0 atom stereocenters. The highest BCUT2D eigenvalue weighted by Gasteiger charge is 2.06. The molecule has 0 bridgehead atoms. The molecule has 0 aliphatic heterocycles. The van der Waals surface area contributed by atoms with Gasteiger partial charge in [0.05, 0.1) is 17.6 Å². The Morgan fingerprint density at radius 2 is 1.52 bits per heavy atom. The third-order valence-electron chi connectivity index (χ3n) is 2.92. The third kappa shape index (κ3) is 3.35. The number of anilines is 2. The van der Waals surface area contributed by atoms with E-state index in [1.54, 1.807) is 17.6 Å². The largest absolute Gasteiger partial charge is 0.240 e. The lowest BCUT2D eigenvalue weighted by atomic mass is 10.2. The molecule has 0 saturated carbocycles. The van der Waals surface area contributed by atoms with Gasteiger partial charge in [0, 0.05) is 11.1 Å². The van der Waals surface area contributed by atoms with Crippen molar-refractivity contribution in [2.75, 3.05) is 5.01 Å². The van der Waals surface area contributed by atoms with Crippen LogP contribution in [0.15, 0.2) is 71.1 Å². The van der Waals surface area contributed by atoms with Gasteiger partial charge < -0.3 is 0 Å². The molecule has 0 amide bonds. The van der Waals surface area contributed by atoms with Crippen molar-refractivity contribution in [3.05, 3.63) is 76.7 Å². The van der Waals surface area contributed by atoms with E-state index in [0.717, 1.165) is 22.1 Å². The van der Waals surface area contributed by atoms with Crippen molar-refractivity contribution in [2.24, 2.45) is 5.10 Å². The number of thiazole rings is 1. The molecule has 0 aliphatic carbocycles. The summed E-state index contributed by atoms with van der Waals surface area (Å²) in [6, 6.07) is 20.2. The number of para-hydroxylation sites is 2. The van der Waals surface area contributed by atoms with Crippen molar-refractivity contribution < 1.29 is 0 Å². The van der Waals surface area contributed by atoms with Crippen molar-refractivity contribution in [3.8, 4) is 0 Å². The van der Waals surface area contributed by atoms with Crippen molar-refractivity contribution in [2.45, 2.75) is 6.92 Å². The first-order valence-corrected chi connectivity index (χ1v) is 7.57. The maximum Gasteiger partial charge on any atom is 0.136 e. The average molecular weight is 293 g/mol. The van der Waals surface area contributed by atoms with Gasteiger partial charge in [0.15, 0.2) is 0 Å². The minimum atomic E-state index is 0.907. The first kappa shape index (κ1) is 13.5. The number of hydrazone groups is 1. The molecule has 0 unspecified atom stereocenters. The topological polar surface area (TPSA) is 28.5 Å². The minimum Gasteiger partial charge on any atom is -0.240 e. The predicted molar refractivity (Wildman–Crippen MR) is 89.5 cm³/mol. The van der Waals surface area contributed by atoms with Crippen LogP contribution in [0.3, 0.4) is 0 Å². The normalized spacial score (nSPS) is 10.9. The second kappa shape index (κ2) is 6.33. The van der Waals surface area contributed by atoms with E-state index in [2.05, 4.69) is 10.1 Å². The van der Waals surface area contributed by atoms with Crippen molar-refractivity contribution in [1.29, 1.82) is 0 Å². The molecule has 0 fully saturated rings. The van der Waals surface area contributed by atoms with Gasteiger partial charge in [0.1, 0.15) is 5.01 Å². The van der Waals surface area contributed by atoms with Crippen molar-refractivity contribution >= 4 is 28.9 Å². The van der Waals surface area contributed by atoms with Crippen LogP contribution in [0.4, 0.5) is 11.4 Å². The van der Waals surface area contributed by atoms with E-state index in [9.17, 15) is 0 Å². The molecule has 1 heterocycles. The van der Waals surface area contributed by atoms with E-state index in [0.29, 0.717) is 0 Å². The minimum absolute atomic E-state index is 0.907. The third-order valence-corrected chi connectivity index (χ3v) is 3.82. The van der Waals surface area contributed by atoms with Gasteiger partial charge in [-0.15, -0.1) is 11.3 Å². The highest BCUT2D eigenvalue weighted by molar-refractivity contribution is 7.11. The molecule has 0 saturated heterocycles. The van der Waals surface area contributed by atoms with Gasteiger partial charge in [-0.3, -0.25) is 0 Å². The number of nitrogens with zero attached hydrogens (tertiary/aromatic N) is 3. The molecule has 0 radical (unpaired) electrons. The van der Waals surface area contributed by atoms with Crippen molar-refractivity contribution in [3.63, 3.8) is 0 Å². The second-order valence-electron chi connectivity index (χ2n) is 4.55. The van der Waals surface area contributed by atoms with E-state index < -0.39 is 0 Å². The Balaban J connectivity index is 1.95. The molecule has 4 heteroatoms. The summed E-state index contributed by atoms with van der Waals surface area (Å²) in [7, 11) is 0. The van der Waals surface area contributed by atoms with Gasteiger partial charge in [-0.1, -0.05) is 36.4 Å². The fourth-order valence-electron chi connectivity index (χ4n) is 1.96. The summed E-state index contributed by atoms with van der Waals surface area (Å²) in [5.41, 5.74) is 3.06. The van der Waals surface area contributed by atoms with Gasteiger partial charge in [-0.2, -0.15) is 5.10 Å². The van der Waals surface area contributed by atoms with Gasteiger partial charge in [-0.05, 0) is 31.2 Å². The summed E-state index contributed by atoms with van der Waals surface area (Å²) < 4.78 is 0. The van der Waals surface area contributed by atoms with Gasteiger partial charge >= 0.3 is 0 Å². The molecule has 1 aromatic heterocycles. The zero-order valence-electron chi connectivity index (χ0n) is 11.7. The maximum absolute atomic E-state index is 4.60. The van der Waals surface area contributed by atoms with Gasteiger partial charge in [0.25, 0.3) is 0 Å². The smallest absolute Gasteiger partial charge is 0.136 e. The number of benzene rings is 2. The monoisotopic (exact) mass is 293 g/mol. The Morgan fingerprint density at radius 1 is 0.952 bits per heavy atom. The molecule has 0 N–H and O–H groups in total. The summed E-state index contributed by atoms with van der Waals surface area (Å²) >= 11 is 1.59. The van der Waals surface area contributed by atoms with Crippen molar-refractivity contribution in [1.82, 2.24) is 4.98 Å². The van der Waals surface area contributed by atoms with Crippen LogP contribution in [0, 0.1) is 6.92 Å². The van der Waals surface area contributed by atoms with Crippen LogP contribution in [-0.4, -0.2) is 11.2 Å². The van der Waals surface area contributed by atoms with E-state index in [1.807, 2.05) is 78.0 Å². The number of hydrogen-bond donors (Lipinski definition) is 0. The maximum atomic E-state index is 4.60. The number of hydrogen-bond acceptors (Lipinski definition) is 4. The van der Waals surface area contributed by atoms with E-state index in [4.69, 9.17) is 0 Å². The summed E-state index contributed by atoms with van der Waals surface area (Å²) in [5.74, 6) is 0. The molecule has 0 aliphatic rings. The van der Waals surface area contributed by atoms with Crippen LogP contribution in [0.25, 0.3) is 0 Å². The molecular formula is C17H15N3S.